The molecule has 0 aromatic carbocycles. The number of anilines is 2. The van der Waals surface area contributed by atoms with Crippen LogP contribution in [0.3, 0.4) is 0 Å². The van der Waals surface area contributed by atoms with Crippen LogP contribution in [0.25, 0.3) is 11.0 Å². The number of pyridine rings is 1. The number of fused-ring (bicyclic) bond motifs is 1. The average Bonchev–Trinajstić information content (AvgIpc) is 2.88. The Balaban J connectivity index is 1.95. The number of aromatic nitrogens is 4. The first kappa shape index (κ1) is 11.1. The first-order valence-electron chi connectivity index (χ1n) is 5.55. The smallest absolute Gasteiger partial charge is 0.278 e. The van der Waals surface area contributed by atoms with E-state index in [0.717, 1.165) is 5.39 Å². The van der Waals surface area contributed by atoms with Crippen molar-refractivity contribution < 1.29 is 4.79 Å². The van der Waals surface area contributed by atoms with Gasteiger partial charge in [0.2, 0.25) is 0 Å². The van der Waals surface area contributed by atoms with Gasteiger partial charge < -0.3 is 16.0 Å². The Hall–Kier alpha value is -2.96. The Kier molecular flexibility index (Phi) is 2.57. The van der Waals surface area contributed by atoms with Crippen molar-refractivity contribution in [1.29, 1.82) is 0 Å². The van der Waals surface area contributed by atoms with Crippen molar-refractivity contribution in [2.45, 2.75) is 0 Å². The van der Waals surface area contributed by atoms with Crippen molar-refractivity contribution in [3.05, 3.63) is 42.6 Å². The second-order valence-electron chi connectivity index (χ2n) is 3.84. The molecule has 0 saturated carbocycles. The summed E-state index contributed by atoms with van der Waals surface area (Å²) >= 11 is 0. The highest BCUT2D eigenvalue weighted by Gasteiger charge is 2.13. The molecule has 0 saturated heterocycles. The molecule has 0 unspecified atom stereocenters. The molecule has 4 N–H and O–H groups in total. The van der Waals surface area contributed by atoms with E-state index in [0.29, 0.717) is 11.3 Å². The summed E-state index contributed by atoms with van der Waals surface area (Å²) in [4.78, 5) is 26.9. The van der Waals surface area contributed by atoms with Gasteiger partial charge >= 0.3 is 0 Å². The largest absolute Gasteiger partial charge is 0.382 e. The lowest BCUT2D eigenvalue weighted by molar-refractivity contribution is 0.102. The lowest BCUT2D eigenvalue weighted by atomic mass is 10.2. The van der Waals surface area contributed by atoms with E-state index in [2.05, 4.69) is 25.3 Å². The summed E-state index contributed by atoms with van der Waals surface area (Å²) in [7, 11) is 0. The Morgan fingerprint density at radius 2 is 2.00 bits per heavy atom. The van der Waals surface area contributed by atoms with E-state index in [-0.39, 0.29) is 11.5 Å². The van der Waals surface area contributed by atoms with Crippen molar-refractivity contribution in [2.24, 2.45) is 0 Å². The van der Waals surface area contributed by atoms with Gasteiger partial charge in [-0.2, -0.15) is 0 Å². The standard InChI is InChI=1S/C12H10N6O/c13-10-9(14-5-6-15-10)12(19)18-8-2-4-17-11-7(8)1-3-16-11/h1-6H,(H2,13,15)(H2,16,17,18,19). The topological polar surface area (TPSA) is 110 Å². The molecule has 0 aliphatic rings. The zero-order chi connectivity index (χ0) is 13.2. The Bertz CT molecular complexity index is 751. The molecular weight excluding hydrogens is 244 g/mol. The maximum atomic E-state index is 12.1. The number of H-pyrrole nitrogens is 1. The van der Waals surface area contributed by atoms with Gasteiger partial charge in [-0.25, -0.2) is 15.0 Å². The summed E-state index contributed by atoms with van der Waals surface area (Å²) in [5.74, 6) is -0.307. The Labute approximate surface area is 107 Å². The molecule has 3 heterocycles. The lowest BCUT2D eigenvalue weighted by Crippen LogP contribution is -2.16. The van der Waals surface area contributed by atoms with E-state index in [1.165, 1.54) is 12.4 Å². The van der Waals surface area contributed by atoms with E-state index in [9.17, 15) is 4.79 Å². The van der Waals surface area contributed by atoms with Crippen LogP contribution in [0, 0.1) is 0 Å². The summed E-state index contributed by atoms with van der Waals surface area (Å²) < 4.78 is 0. The quantitative estimate of drug-likeness (QED) is 0.636. The predicted molar refractivity (Wildman–Crippen MR) is 70.5 cm³/mol. The fourth-order valence-corrected chi connectivity index (χ4v) is 1.78. The van der Waals surface area contributed by atoms with Gasteiger partial charge in [0.05, 0.1) is 5.69 Å². The molecule has 3 rings (SSSR count). The zero-order valence-corrected chi connectivity index (χ0v) is 9.79. The summed E-state index contributed by atoms with van der Waals surface area (Å²) in [6, 6.07) is 3.54. The third-order valence-corrected chi connectivity index (χ3v) is 2.65. The van der Waals surface area contributed by atoms with Crippen LogP contribution in [0.5, 0.6) is 0 Å². The number of amides is 1. The molecule has 0 atom stereocenters. The molecule has 3 aromatic rings. The molecule has 3 aromatic heterocycles. The lowest BCUT2D eigenvalue weighted by Gasteiger charge is -2.06. The monoisotopic (exact) mass is 254 g/mol. The Morgan fingerprint density at radius 1 is 1.16 bits per heavy atom. The third kappa shape index (κ3) is 1.97. The fourth-order valence-electron chi connectivity index (χ4n) is 1.78. The Morgan fingerprint density at radius 3 is 2.84 bits per heavy atom. The number of carbonyl (C=O) groups excluding carboxylic acids is 1. The number of aromatic amines is 1. The van der Waals surface area contributed by atoms with Gasteiger partial charge in [0.15, 0.2) is 11.5 Å². The number of nitrogens with two attached hydrogens (primary N) is 1. The van der Waals surface area contributed by atoms with Crippen molar-refractivity contribution in [3.63, 3.8) is 0 Å². The molecule has 0 aliphatic carbocycles. The van der Waals surface area contributed by atoms with Crippen LogP contribution >= 0.6 is 0 Å². The second kappa shape index (κ2) is 4.37. The summed E-state index contributed by atoms with van der Waals surface area (Å²) in [5, 5.41) is 3.56. The van der Waals surface area contributed by atoms with Gasteiger partial charge in [-0.05, 0) is 12.1 Å². The van der Waals surface area contributed by atoms with E-state index < -0.39 is 5.91 Å². The van der Waals surface area contributed by atoms with Gasteiger partial charge in [-0.1, -0.05) is 0 Å². The minimum absolute atomic E-state index is 0.0966. The van der Waals surface area contributed by atoms with Crippen LogP contribution in [-0.2, 0) is 0 Å². The molecule has 0 radical (unpaired) electrons. The molecule has 94 valence electrons. The van der Waals surface area contributed by atoms with Crippen LogP contribution in [0.2, 0.25) is 0 Å². The minimum Gasteiger partial charge on any atom is -0.382 e. The van der Waals surface area contributed by atoms with E-state index in [1.54, 1.807) is 18.5 Å². The van der Waals surface area contributed by atoms with Crippen LogP contribution in [0.1, 0.15) is 10.5 Å². The van der Waals surface area contributed by atoms with Crippen LogP contribution < -0.4 is 11.1 Å². The molecule has 0 spiro atoms. The van der Waals surface area contributed by atoms with Gasteiger partial charge in [0.1, 0.15) is 5.65 Å². The molecule has 19 heavy (non-hydrogen) atoms. The SMILES string of the molecule is Nc1nccnc1C(=O)Nc1ccnc2[nH]ccc12. The van der Waals surface area contributed by atoms with Crippen LogP contribution in [0.4, 0.5) is 11.5 Å². The minimum atomic E-state index is -0.403. The van der Waals surface area contributed by atoms with Crippen molar-refractivity contribution in [3.8, 4) is 0 Å². The average molecular weight is 254 g/mol. The van der Waals surface area contributed by atoms with Crippen molar-refractivity contribution in [1.82, 2.24) is 19.9 Å². The van der Waals surface area contributed by atoms with E-state index in [4.69, 9.17) is 5.73 Å². The van der Waals surface area contributed by atoms with E-state index in [1.807, 2.05) is 6.07 Å². The molecular formula is C12H10N6O. The summed E-state index contributed by atoms with van der Waals surface area (Å²) in [6.45, 7) is 0. The highest BCUT2D eigenvalue weighted by atomic mass is 16.1. The number of hydrogen-bond acceptors (Lipinski definition) is 5. The highest BCUT2D eigenvalue weighted by Crippen LogP contribution is 2.21. The number of nitrogens with one attached hydrogen (secondary N) is 2. The van der Waals surface area contributed by atoms with Gasteiger partial charge in [0, 0.05) is 30.2 Å². The number of nitrogen functional groups attached to an aromatic ring is 1. The van der Waals surface area contributed by atoms with Gasteiger partial charge in [-0.3, -0.25) is 4.79 Å². The van der Waals surface area contributed by atoms with Gasteiger partial charge in [0.25, 0.3) is 5.91 Å². The first-order chi connectivity index (χ1) is 9.25. The molecule has 0 aliphatic heterocycles. The molecule has 7 nitrogen and oxygen atoms in total. The first-order valence-corrected chi connectivity index (χ1v) is 5.55. The molecule has 7 heteroatoms. The second-order valence-corrected chi connectivity index (χ2v) is 3.84. The maximum absolute atomic E-state index is 12.1. The van der Waals surface area contributed by atoms with Crippen molar-refractivity contribution >= 4 is 28.4 Å². The van der Waals surface area contributed by atoms with Crippen LogP contribution in [-0.4, -0.2) is 25.8 Å². The number of hydrogen-bond donors (Lipinski definition) is 3. The highest BCUT2D eigenvalue weighted by molar-refractivity contribution is 6.09. The normalized spacial score (nSPS) is 10.5. The van der Waals surface area contributed by atoms with Gasteiger partial charge in [-0.15, -0.1) is 0 Å². The number of rotatable bonds is 2. The van der Waals surface area contributed by atoms with Crippen molar-refractivity contribution in [2.75, 3.05) is 11.1 Å². The third-order valence-electron chi connectivity index (χ3n) is 2.65. The summed E-state index contributed by atoms with van der Waals surface area (Å²) in [6.07, 6.45) is 6.21. The molecule has 1 amide bonds. The van der Waals surface area contributed by atoms with Crippen LogP contribution in [0.15, 0.2) is 36.9 Å². The predicted octanol–water partition coefficient (Wildman–Crippen LogP) is 1.19. The number of carbonyl (C=O) groups is 1. The number of nitrogens with zero attached hydrogens (tertiary/aromatic N) is 3. The van der Waals surface area contributed by atoms with E-state index >= 15 is 0 Å². The maximum Gasteiger partial charge on any atom is 0.278 e. The fraction of sp³-hybridized carbons (Fsp3) is 0. The zero-order valence-electron chi connectivity index (χ0n) is 9.79. The molecule has 0 bridgehead atoms. The molecule has 0 fully saturated rings. The summed E-state index contributed by atoms with van der Waals surface area (Å²) in [5.41, 5.74) is 7.05.